The SMILES string of the molecule is Cc1cccc(C(=O)OCc2cc(-c3ccc(F)cc3)on2)c1. The van der Waals surface area contributed by atoms with E-state index >= 15 is 0 Å². The molecule has 0 fully saturated rings. The van der Waals surface area contributed by atoms with Crippen molar-refractivity contribution in [1.82, 2.24) is 5.16 Å². The molecular weight excluding hydrogens is 297 g/mol. The number of carbonyl (C=O) groups excluding carboxylic acids is 1. The molecule has 2 aromatic carbocycles. The number of nitrogens with zero attached hydrogens (tertiary/aromatic N) is 1. The van der Waals surface area contributed by atoms with Gasteiger partial charge in [0.2, 0.25) is 0 Å². The Morgan fingerprint density at radius 3 is 2.70 bits per heavy atom. The maximum absolute atomic E-state index is 12.9. The summed E-state index contributed by atoms with van der Waals surface area (Å²) in [6.45, 7) is 1.92. The molecule has 0 atom stereocenters. The van der Waals surface area contributed by atoms with E-state index in [0.29, 0.717) is 22.6 Å². The van der Waals surface area contributed by atoms with Gasteiger partial charge in [0.25, 0.3) is 0 Å². The zero-order valence-electron chi connectivity index (χ0n) is 12.5. The van der Waals surface area contributed by atoms with Crippen molar-refractivity contribution in [2.75, 3.05) is 0 Å². The van der Waals surface area contributed by atoms with Crippen molar-refractivity contribution in [2.24, 2.45) is 0 Å². The zero-order chi connectivity index (χ0) is 16.2. The molecular formula is C18H14FNO3. The summed E-state index contributed by atoms with van der Waals surface area (Å²) in [6.07, 6.45) is 0. The van der Waals surface area contributed by atoms with Crippen molar-refractivity contribution < 1.29 is 18.4 Å². The second-order valence-corrected chi connectivity index (χ2v) is 5.14. The summed E-state index contributed by atoms with van der Waals surface area (Å²) in [4.78, 5) is 12.0. The molecule has 0 aliphatic carbocycles. The first kappa shape index (κ1) is 15.0. The van der Waals surface area contributed by atoms with Crippen LogP contribution >= 0.6 is 0 Å². The predicted octanol–water partition coefficient (Wildman–Crippen LogP) is 4.15. The Labute approximate surface area is 132 Å². The minimum absolute atomic E-state index is 0.0114. The van der Waals surface area contributed by atoms with Gasteiger partial charge in [0.15, 0.2) is 5.76 Å². The van der Waals surface area contributed by atoms with E-state index in [1.165, 1.54) is 12.1 Å². The van der Waals surface area contributed by atoms with Gasteiger partial charge in [-0.05, 0) is 43.3 Å². The molecule has 0 amide bonds. The smallest absolute Gasteiger partial charge is 0.338 e. The van der Waals surface area contributed by atoms with E-state index < -0.39 is 5.97 Å². The molecule has 5 heteroatoms. The predicted molar refractivity (Wildman–Crippen MR) is 82.2 cm³/mol. The van der Waals surface area contributed by atoms with Crippen molar-refractivity contribution in [2.45, 2.75) is 13.5 Å². The Balaban J connectivity index is 1.65. The number of aryl methyl sites for hydroxylation is 1. The van der Waals surface area contributed by atoms with Crippen LogP contribution in [0.4, 0.5) is 4.39 Å². The average Bonchev–Trinajstić information content (AvgIpc) is 3.02. The number of halogens is 1. The van der Waals surface area contributed by atoms with Crippen LogP contribution in [-0.2, 0) is 11.3 Å². The van der Waals surface area contributed by atoms with Crippen molar-refractivity contribution in [3.8, 4) is 11.3 Å². The lowest BCUT2D eigenvalue weighted by molar-refractivity contribution is 0.0464. The van der Waals surface area contributed by atoms with Gasteiger partial charge in [-0.25, -0.2) is 9.18 Å². The molecule has 4 nitrogen and oxygen atoms in total. The number of ether oxygens (including phenoxy) is 1. The summed E-state index contributed by atoms with van der Waals surface area (Å²) < 4.78 is 23.3. The first-order chi connectivity index (χ1) is 11.1. The number of aromatic nitrogens is 1. The fourth-order valence-electron chi connectivity index (χ4n) is 2.12. The van der Waals surface area contributed by atoms with Gasteiger partial charge >= 0.3 is 5.97 Å². The minimum Gasteiger partial charge on any atom is -0.455 e. The Hall–Kier alpha value is -2.95. The molecule has 3 aromatic rings. The van der Waals surface area contributed by atoms with Crippen LogP contribution in [0.1, 0.15) is 21.6 Å². The summed E-state index contributed by atoms with van der Waals surface area (Å²) in [6, 6.07) is 14.7. The van der Waals surface area contributed by atoms with E-state index in [0.717, 1.165) is 5.56 Å². The van der Waals surface area contributed by atoms with Gasteiger partial charge in [-0.15, -0.1) is 0 Å². The van der Waals surface area contributed by atoms with Crippen LogP contribution < -0.4 is 0 Å². The summed E-state index contributed by atoms with van der Waals surface area (Å²) in [5, 5.41) is 3.85. The summed E-state index contributed by atoms with van der Waals surface area (Å²) in [7, 11) is 0. The second-order valence-electron chi connectivity index (χ2n) is 5.14. The van der Waals surface area contributed by atoms with Crippen LogP contribution in [0.2, 0.25) is 0 Å². The molecule has 0 aliphatic rings. The van der Waals surface area contributed by atoms with Gasteiger partial charge in [-0.1, -0.05) is 22.9 Å². The van der Waals surface area contributed by atoms with Crippen molar-refractivity contribution in [3.63, 3.8) is 0 Å². The molecule has 0 unspecified atom stereocenters. The Kier molecular flexibility index (Phi) is 4.19. The maximum Gasteiger partial charge on any atom is 0.338 e. The van der Waals surface area contributed by atoms with Gasteiger partial charge in [-0.2, -0.15) is 0 Å². The van der Waals surface area contributed by atoms with Gasteiger partial charge < -0.3 is 9.26 Å². The van der Waals surface area contributed by atoms with Gasteiger partial charge in [0.05, 0.1) is 5.56 Å². The molecule has 1 aromatic heterocycles. The highest BCUT2D eigenvalue weighted by Crippen LogP contribution is 2.21. The third-order valence-corrected chi connectivity index (χ3v) is 3.29. The number of hydrogen-bond donors (Lipinski definition) is 0. The quantitative estimate of drug-likeness (QED) is 0.679. The fraction of sp³-hybridized carbons (Fsp3) is 0.111. The monoisotopic (exact) mass is 311 g/mol. The molecule has 0 N–H and O–H groups in total. The lowest BCUT2D eigenvalue weighted by Crippen LogP contribution is -2.05. The highest BCUT2D eigenvalue weighted by molar-refractivity contribution is 5.89. The van der Waals surface area contributed by atoms with E-state index in [4.69, 9.17) is 9.26 Å². The number of hydrogen-bond acceptors (Lipinski definition) is 4. The summed E-state index contributed by atoms with van der Waals surface area (Å²) >= 11 is 0. The molecule has 0 saturated heterocycles. The number of esters is 1. The molecule has 0 saturated carbocycles. The average molecular weight is 311 g/mol. The van der Waals surface area contributed by atoms with Crippen LogP contribution in [0.15, 0.2) is 59.1 Å². The molecule has 1 heterocycles. The van der Waals surface area contributed by atoms with Gasteiger partial charge in [-0.3, -0.25) is 0 Å². The van der Waals surface area contributed by atoms with Crippen LogP contribution in [0.3, 0.4) is 0 Å². The molecule has 116 valence electrons. The van der Waals surface area contributed by atoms with Crippen molar-refractivity contribution >= 4 is 5.97 Å². The Morgan fingerprint density at radius 1 is 1.17 bits per heavy atom. The molecule has 0 spiro atoms. The largest absolute Gasteiger partial charge is 0.455 e. The Bertz CT molecular complexity index is 824. The van der Waals surface area contributed by atoms with Crippen molar-refractivity contribution in [1.29, 1.82) is 0 Å². The van der Waals surface area contributed by atoms with Gasteiger partial charge in [0, 0.05) is 11.6 Å². The van der Waals surface area contributed by atoms with E-state index in [1.54, 1.807) is 36.4 Å². The minimum atomic E-state index is -0.417. The van der Waals surface area contributed by atoms with E-state index in [-0.39, 0.29) is 12.4 Å². The van der Waals surface area contributed by atoms with Crippen LogP contribution in [-0.4, -0.2) is 11.1 Å². The molecule has 0 aliphatic heterocycles. The fourth-order valence-corrected chi connectivity index (χ4v) is 2.12. The first-order valence-electron chi connectivity index (χ1n) is 7.07. The summed E-state index contributed by atoms with van der Waals surface area (Å²) in [5.74, 6) is -0.243. The molecule has 0 bridgehead atoms. The third-order valence-electron chi connectivity index (χ3n) is 3.29. The highest BCUT2D eigenvalue weighted by atomic mass is 19.1. The second kappa shape index (κ2) is 6.44. The third kappa shape index (κ3) is 3.63. The Morgan fingerprint density at radius 2 is 1.96 bits per heavy atom. The zero-order valence-corrected chi connectivity index (χ0v) is 12.5. The van der Waals surface area contributed by atoms with Crippen LogP contribution in [0.25, 0.3) is 11.3 Å². The topological polar surface area (TPSA) is 52.3 Å². The molecule has 23 heavy (non-hydrogen) atoms. The van der Waals surface area contributed by atoms with Crippen LogP contribution in [0.5, 0.6) is 0 Å². The van der Waals surface area contributed by atoms with Crippen LogP contribution in [0, 0.1) is 12.7 Å². The summed E-state index contributed by atoms with van der Waals surface area (Å²) in [5.41, 5.74) is 2.67. The van der Waals surface area contributed by atoms with E-state index in [1.807, 2.05) is 13.0 Å². The highest BCUT2D eigenvalue weighted by Gasteiger charge is 2.11. The number of carbonyl (C=O) groups is 1. The standard InChI is InChI=1S/C18H14FNO3/c1-12-3-2-4-14(9-12)18(21)22-11-16-10-17(23-20-16)13-5-7-15(19)8-6-13/h2-10H,11H2,1H3. The van der Waals surface area contributed by atoms with Gasteiger partial charge in [0.1, 0.15) is 18.1 Å². The van der Waals surface area contributed by atoms with Crippen molar-refractivity contribution in [3.05, 3.63) is 77.2 Å². The molecule has 0 radical (unpaired) electrons. The van der Waals surface area contributed by atoms with E-state index in [9.17, 15) is 9.18 Å². The molecule has 3 rings (SSSR count). The lowest BCUT2D eigenvalue weighted by Gasteiger charge is -2.03. The lowest BCUT2D eigenvalue weighted by atomic mass is 10.1. The van der Waals surface area contributed by atoms with E-state index in [2.05, 4.69) is 5.16 Å². The maximum atomic E-state index is 12.9. The first-order valence-corrected chi connectivity index (χ1v) is 7.07. The normalized spacial score (nSPS) is 10.5. The number of benzene rings is 2. The number of rotatable bonds is 4.